The van der Waals surface area contributed by atoms with E-state index < -0.39 is 6.10 Å². The van der Waals surface area contributed by atoms with Crippen LogP contribution in [0, 0.1) is 0 Å². The molecule has 1 heterocycles. The van der Waals surface area contributed by atoms with Crippen molar-refractivity contribution < 1.29 is 24.9 Å². The van der Waals surface area contributed by atoms with Crippen LogP contribution >= 0.6 is 0 Å². The summed E-state index contributed by atoms with van der Waals surface area (Å²) in [5, 5.41) is 32.8. The molecule has 5 heteroatoms. The van der Waals surface area contributed by atoms with Crippen LogP contribution in [0.3, 0.4) is 0 Å². The first kappa shape index (κ1) is 26.1. The number of rotatable bonds is 7. The highest BCUT2D eigenvalue weighted by atomic mass is 16.5. The molecular formula is C30H36O5. The highest BCUT2D eigenvalue weighted by Crippen LogP contribution is 2.49. The lowest BCUT2D eigenvalue weighted by molar-refractivity contribution is 0.0840. The standard InChI is InChI=1S/C30H36O5/c1-17(2)10-13-20-21(8-7-9-24(20)31)26-16-25(32)27-29(34)22(14-11-18(3)4)28(33)23(30(27)35-26)15-12-19(5)6/h7-12,26,31,33-34H,13-16H2,1-6H3. The van der Waals surface area contributed by atoms with Crippen molar-refractivity contribution in [2.75, 3.05) is 0 Å². The number of allylic oxidation sites excluding steroid dienone is 6. The second kappa shape index (κ2) is 10.9. The SMILES string of the molecule is CC(C)=CCc1c(O)cccc1C1CC(=O)c2c(O)c(CC=C(C)C)c(O)c(CC=C(C)C)c2O1. The van der Waals surface area contributed by atoms with Crippen LogP contribution in [0.25, 0.3) is 0 Å². The summed E-state index contributed by atoms with van der Waals surface area (Å²) in [5.74, 6) is -0.154. The predicted octanol–water partition coefficient (Wildman–Crippen LogP) is 7.04. The Balaban J connectivity index is 2.18. The Morgan fingerprint density at radius 2 is 1.37 bits per heavy atom. The summed E-state index contributed by atoms with van der Waals surface area (Å²) in [5.41, 5.74) is 5.60. The van der Waals surface area contributed by atoms with Crippen LogP contribution in [0.5, 0.6) is 23.0 Å². The van der Waals surface area contributed by atoms with Gasteiger partial charge in [0, 0.05) is 16.7 Å². The molecule has 1 unspecified atom stereocenters. The van der Waals surface area contributed by atoms with Crippen molar-refractivity contribution in [1.82, 2.24) is 0 Å². The van der Waals surface area contributed by atoms with E-state index in [9.17, 15) is 20.1 Å². The molecular weight excluding hydrogens is 440 g/mol. The molecule has 0 fully saturated rings. The third kappa shape index (κ3) is 5.79. The van der Waals surface area contributed by atoms with Crippen LogP contribution in [0.4, 0.5) is 0 Å². The van der Waals surface area contributed by atoms with Crippen LogP contribution in [-0.2, 0) is 19.3 Å². The van der Waals surface area contributed by atoms with E-state index in [0.29, 0.717) is 36.0 Å². The fourth-order valence-corrected chi connectivity index (χ4v) is 4.25. The first-order valence-electron chi connectivity index (χ1n) is 12.0. The molecule has 1 aliphatic rings. The molecule has 0 saturated heterocycles. The number of carbonyl (C=O) groups excluding carboxylic acids is 1. The van der Waals surface area contributed by atoms with E-state index in [1.165, 1.54) is 0 Å². The Morgan fingerprint density at radius 1 is 0.829 bits per heavy atom. The Morgan fingerprint density at radius 3 is 1.94 bits per heavy atom. The second-order valence-corrected chi connectivity index (χ2v) is 9.89. The topological polar surface area (TPSA) is 87.0 Å². The first-order valence-corrected chi connectivity index (χ1v) is 12.0. The molecule has 35 heavy (non-hydrogen) atoms. The van der Waals surface area contributed by atoms with Crippen molar-refractivity contribution in [3.63, 3.8) is 0 Å². The smallest absolute Gasteiger partial charge is 0.174 e. The fourth-order valence-electron chi connectivity index (χ4n) is 4.25. The Labute approximate surface area is 208 Å². The van der Waals surface area contributed by atoms with Gasteiger partial charge in [-0.05, 0) is 72.4 Å². The van der Waals surface area contributed by atoms with Crippen LogP contribution in [-0.4, -0.2) is 21.1 Å². The molecule has 0 radical (unpaired) electrons. The van der Waals surface area contributed by atoms with Gasteiger partial charge in [0.25, 0.3) is 0 Å². The maximum Gasteiger partial charge on any atom is 0.174 e. The van der Waals surface area contributed by atoms with Crippen LogP contribution in [0.15, 0.2) is 53.1 Å². The molecule has 0 spiro atoms. The molecule has 1 atom stereocenters. The minimum absolute atomic E-state index is 0.0286. The van der Waals surface area contributed by atoms with Gasteiger partial charge in [0.2, 0.25) is 0 Å². The van der Waals surface area contributed by atoms with Crippen LogP contribution in [0.2, 0.25) is 0 Å². The molecule has 0 amide bonds. The summed E-state index contributed by atoms with van der Waals surface area (Å²) in [6.45, 7) is 11.8. The Hall–Kier alpha value is -3.47. The van der Waals surface area contributed by atoms with E-state index in [4.69, 9.17) is 4.74 Å². The third-order valence-corrected chi connectivity index (χ3v) is 6.18. The van der Waals surface area contributed by atoms with Gasteiger partial charge in [-0.25, -0.2) is 0 Å². The second-order valence-electron chi connectivity index (χ2n) is 9.89. The van der Waals surface area contributed by atoms with E-state index >= 15 is 0 Å². The molecule has 1 aliphatic heterocycles. The number of hydrogen-bond donors (Lipinski definition) is 3. The normalized spacial score (nSPS) is 14.6. The minimum Gasteiger partial charge on any atom is -0.508 e. The van der Waals surface area contributed by atoms with E-state index in [0.717, 1.165) is 22.3 Å². The van der Waals surface area contributed by atoms with Crippen molar-refractivity contribution in [1.29, 1.82) is 0 Å². The van der Waals surface area contributed by atoms with Crippen molar-refractivity contribution in [3.05, 3.63) is 81.0 Å². The largest absolute Gasteiger partial charge is 0.508 e. The van der Waals surface area contributed by atoms with E-state index in [1.54, 1.807) is 12.1 Å². The number of aromatic hydroxyl groups is 3. The lowest BCUT2D eigenvalue weighted by Crippen LogP contribution is -2.23. The number of carbonyl (C=O) groups is 1. The number of ether oxygens (including phenoxy) is 1. The van der Waals surface area contributed by atoms with Gasteiger partial charge in [0.15, 0.2) is 5.78 Å². The number of benzene rings is 2. The van der Waals surface area contributed by atoms with E-state index in [2.05, 4.69) is 0 Å². The Bertz CT molecular complexity index is 1220. The van der Waals surface area contributed by atoms with Gasteiger partial charge < -0.3 is 20.1 Å². The highest BCUT2D eigenvalue weighted by Gasteiger charge is 2.36. The number of ketones is 1. The number of hydrogen-bond acceptors (Lipinski definition) is 5. The average Bonchev–Trinajstić information content (AvgIpc) is 2.76. The predicted molar refractivity (Wildman–Crippen MR) is 140 cm³/mol. The van der Waals surface area contributed by atoms with Crippen LogP contribution in [0.1, 0.15) is 86.7 Å². The summed E-state index contributed by atoms with van der Waals surface area (Å²) in [4.78, 5) is 13.4. The molecule has 3 rings (SSSR count). The molecule has 0 bridgehead atoms. The van der Waals surface area contributed by atoms with Gasteiger partial charge in [-0.3, -0.25) is 4.79 Å². The van der Waals surface area contributed by atoms with Crippen molar-refractivity contribution >= 4 is 5.78 Å². The van der Waals surface area contributed by atoms with Gasteiger partial charge in [-0.15, -0.1) is 0 Å². The zero-order valence-corrected chi connectivity index (χ0v) is 21.5. The van der Waals surface area contributed by atoms with E-state index in [1.807, 2.05) is 65.8 Å². The van der Waals surface area contributed by atoms with Gasteiger partial charge in [-0.2, -0.15) is 0 Å². The number of phenols is 3. The number of fused-ring (bicyclic) bond motifs is 1. The molecule has 3 N–H and O–H groups in total. The zero-order chi connectivity index (χ0) is 25.9. The van der Waals surface area contributed by atoms with Gasteiger partial charge in [-0.1, -0.05) is 47.1 Å². The highest BCUT2D eigenvalue weighted by molar-refractivity contribution is 6.04. The molecule has 0 aromatic heterocycles. The summed E-state index contributed by atoms with van der Waals surface area (Å²) < 4.78 is 6.38. The minimum atomic E-state index is -0.643. The molecule has 0 aliphatic carbocycles. The van der Waals surface area contributed by atoms with Gasteiger partial charge >= 0.3 is 0 Å². The lowest BCUT2D eigenvalue weighted by Gasteiger charge is -2.30. The number of Topliss-reactive ketones (excluding diaryl/α,β-unsaturated/α-hetero) is 1. The number of phenolic OH excluding ortho intramolecular Hbond substituents is 3. The molecule has 0 saturated carbocycles. The Kier molecular flexibility index (Phi) is 8.11. The maximum atomic E-state index is 13.4. The van der Waals surface area contributed by atoms with Gasteiger partial charge in [0.05, 0.1) is 6.42 Å². The third-order valence-electron chi connectivity index (χ3n) is 6.18. The van der Waals surface area contributed by atoms with Crippen LogP contribution < -0.4 is 4.74 Å². The molecule has 2 aromatic rings. The summed E-state index contributed by atoms with van der Waals surface area (Å²) >= 11 is 0. The first-order chi connectivity index (χ1) is 16.5. The average molecular weight is 477 g/mol. The van der Waals surface area contributed by atoms with Crippen molar-refractivity contribution in [2.24, 2.45) is 0 Å². The van der Waals surface area contributed by atoms with Crippen molar-refractivity contribution in [3.8, 4) is 23.0 Å². The van der Waals surface area contributed by atoms with Gasteiger partial charge in [0.1, 0.15) is 34.7 Å². The quantitative estimate of drug-likeness (QED) is 0.373. The summed E-state index contributed by atoms with van der Waals surface area (Å²) in [7, 11) is 0. The molecule has 2 aromatic carbocycles. The monoisotopic (exact) mass is 476 g/mol. The lowest BCUT2D eigenvalue weighted by atomic mass is 9.87. The summed E-state index contributed by atoms with van der Waals surface area (Å²) in [6, 6.07) is 5.22. The van der Waals surface area contributed by atoms with E-state index in [-0.39, 0.29) is 40.8 Å². The fraction of sp³-hybridized carbons (Fsp3) is 0.367. The van der Waals surface area contributed by atoms with Crippen molar-refractivity contribution in [2.45, 2.75) is 73.3 Å². The molecule has 186 valence electrons. The zero-order valence-electron chi connectivity index (χ0n) is 21.5. The summed E-state index contributed by atoms with van der Waals surface area (Å²) in [6.07, 6.45) is 6.46. The maximum absolute atomic E-state index is 13.4. The molecule has 5 nitrogen and oxygen atoms in total.